The highest BCUT2D eigenvalue weighted by molar-refractivity contribution is 7.93. The number of aromatic nitrogens is 4. The molecule has 1 aromatic carbocycles. The van der Waals surface area contributed by atoms with Gasteiger partial charge < -0.3 is 10.0 Å². The SMILES string of the molecule is CCCCS(=O)(=O)c1ccc(N2CCN(CCO)CC2)c(-c2nn[nH]n2)c1S(N)(=O)=O. The number of nitrogens with zero attached hydrogens (tertiary/aromatic N) is 5. The Morgan fingerprint density at radius 2 is 1.87 bits per heavy atom. The van der Waals surface area contributed by atoms with Crippen molar-refractivity contribution in [2.45, 2.75) is 29.6 Å². The van der Waals surface area contributed by atoms with E-state index in [1.54, 1.807) is 6.07 Å². The summed E-state index contributed by atoms with van der Waals surface area (Å²) < 4.78 is 51.2. The second-order valence-electron chi connectivity index (χ2n) is 7.29. The van der Waals surface area contributed by atoms with Crippen LogP contribution in [0.5, 0.6) is 0 Å². The van der Waals surface area contributed by atoms with Crippen molar-refractivity contribution in [3.05, 3.63) is 12.1 Å². The van der Waals surface area contributed by atoms with Gasteiger partial charge in [0.2, 0.25) is 15.8 Å². The molecule has 0 saturated carbocycles. The van der Waals surface area contributed by atoms with E-state index in [4.69, 9.17) is 10.2 Å². The summed E-state index contributed by atoms with van der Waals surface area (Å²) in [5.41, 5.74) is 0.480. The number of aliphatic hydroxyl groups is 1. The fourth-order valence-electron chi connectivity index (χ4n) is 3.63. The van der Waals surface area contributed by atoms with Crippen molar-refractivity contribution in [3.8, 4) is 11.4 Å². The summed E-state index contributed by atoms with van der Waals surface area (Å²) in [5, 5.41) is 28.3. The Labute approximate surface area is 181 Å². The topological polar surface area (TPSA) is 175 Å². The highest BCUT2D eigenvalue weighted by Gasteiger charge is 2.33. The molecule has 14 heteroatoms. The molecule has 0 bridgehead atoms. The Hall–Kier alpha value is -2.13. The summed E-state index contributed by atoms with van der Waals surface area (Å²) in [7, 11) is -8.36. The number of tetrazole rings is 1. The number of anilines is 1. The highest BCUT2D eigenvalue weighted by atomic mass is 32.2. The van der Waals surface area contributed by atoms with Gasteiger partial charge in [-0.25, -0.2) is 22.0 Å². The minimum atomic E-state index is -4.45. The van der Waals surface area contributed by atoms with Crippen molar-refractivity contribution in [3.63, 3.8) is 0 Å². The van der Waals surface area contributed by atoms with Gasteiger partial charge in [0, 0.05) is 38.4 Å². The van der Waals surface area contributed by atoms with Crippen LogP contribution < -0.4 is 10.0 Å². The molecule has 172 valence electrons. The van der Waals surface area contributed by atoms with E-state index < -0.39 is 24.8 Å². The van der Waals surface area contributed by atoms with Crippen LogP contribution in [0.2, 0.25) is 0 Å². The van der Waals surface area contributed by atoms with E-state index >= 15 is 0 Å². The number of aromatic amines is 1. The first-order valence-electron chi connectivity index (χ1n) is 9.93. The molecule has 0 radical (unpaired) electrons. The maximum absolute atomic E-state index is 13.0. The van der Waals surface area contributed by atoms with Crippen LogP contribution in [0.15, 0.2) is 21.9 Å². The maximum Gasteiger partial charge on any atom is 0.240 e. The van der Waals surface area contributed by atoms with E-state index in [0.29, 0.717) is 51.3 Å². The van der Waals surface area contributed by atoms with E-state index in [9.17, 15) is 16.8 Å². The Balaban J connectivity index is 2.18. The molecule has 0 aliphatic carbocycles. The number of primary sulfonamides is 1. The zero-order chi connectivity index (χ0) is 22.6. The number of β-amino-alcohol motifs (C(OH)–C–C–N with tert-alkyl or cyclic N) is 1. The molecule has 0 atom stereocenters. The third-order valence-electron chi connectivity index (χ3n) is 5.18. The van der Waals surface area contributed by atoms with E-state index in [0.717, 1.165) is 0 Å². The molecular weight excluding hydrogens is 446 g/mol. The molecule has 1 aliphatic rings. The van der Waals surface area contributed by atoms with Gasteiger partial charge in [-0.3, -0.25) is 4.90 Å². The number of benzene rings is 1. The summed E-state index contributed by atoms with van der Waals surface area (Å²) in [4.78, 5) is 3.14. The second-order valence-corrected chi connectivity index (χ2v) is 10.9. The molecule has 1 aromatic heterocycles. The first kappa shape index (κ1) is 23.5. The molecule has 2 heterocycles. The lowest BCUT2D eigenvalue weighted by atomic mass is 10.1. The van der Waals surface area contributed by atoms with Crippen LogP contribution in [0, 0.1) is 0 Å². The van der Waals surface area contributed by atoms with Gasteiger partial charge in [-0.1, -0.05) is 13.3 Å². The lowest BCUT2D eigenvalue weighted by molar-refractivity contribution is 0.189. The number of hydrogen-bond donors (Lipinski definition) is 3. The monoisotopic (exact) mass is 473 g/mol. The first-order chi connectivity index (χ1) is 14.7. The second kappa shape index (κ2) is 9.56. The number of sulfonamides is 1. The summed E-state index contributed by atoms with van der Waals surface area (Å²) in [6.45, 7) is 4.81. The Morgan fingerprint density at radius 1 is 1.16 bits per heavy atom. The maximum atomic E-state index is 13.0. The van der Waals surface area contributed by atoms with Crippen LogP contribution in [0.3, 0.4) is 0 Å². The van der Waals surface area contributed by atoms with Gasteiger partial charge in [0.25, 0.3) is 0 Å². The predicted molar refractivity (Wildman–Crippen MR) is 114 cm³/mol. The molecule has 0 unspecified atom stereocenters. The number of nitrogens with two attached hydrogens (primary N) is 1. The molecule has 1 fully saturated rings. The molecule has 2 aromatic rings. The zero-order valence-electron chi connectivity index (χ0n) is 17.2. The van der Waals surface area contributed by atoms with Crippen molar-refractivity contribution < 1.29 is 21.9 Å². The van der Waals surface area contributed by atoms with Crippen LogP contribution in [0.4, 0.5) is 5.69 Å². The van der Waals surface area contributed by atoms with Gasteiger partial charge in [0.15, 0.2) is 9.84 Å². The molecule has 0 spiro atoms. The number of unbranched alkanes of at least 4 members (excludes halogenated alkanes) is 1. The van der Waals surface area contributed by atoms with Gasteiger partial charge in [0.1, 0.15) is 4.90 Å². The van der Waals surface area contributed by atoms with Crippen molar-refractivity contribution in [2.75, 3.05) is 50.0 Å². The normalized spacial score (nSPS) is 16.0. The summed E-state index contributed by atoms with van der Waals surface area (Å²) >= 11 is 0. The molecule has 3 rings (SSSR count). The van der Waals surface area contributed by atoms with Crippen LogP contribution in [0.1, 0.15) is 19.8 Å². The van der Waals surface area contributed by atoms with Crippen LogP contribution in [-0.4, -0.2) is 92.5 Å². The van der Waals surface area contributed by atoms with Crippen molar-refractivity contribution in [2.24, 2.45) is 5.14 Å². The lowest BCUT2D eigenvalue weighted by Crippen LogP contribution is -2.47. The average Bonchev–Trinajstić information content (AvgIpc) is 3.26. The van der Waals surface area contributed by atoms with Crippen LogP contribution in [0.25, 0.3) is 11.4 Å². The molecular formula is C17H27N7O5S2. The van der Waals surface area contributed by atoms with Crippen molar-refractivity contribution in [1.29, 1.82) is 0 Å². The molecule has 1 aliphatic heterocycles. The summed E-state index contributed by atoms with van der Waals surface area (Å²) in [5.74, 6) is -0.249. The number of H-pyrrole nitrogens is 1. The van der Waals surface area contributed by atoms with Gasteiger partial charge in [-0.05, 0) is 23.8 Å². The summed E-state index contributed by atoms with van der Waals surface area (Å²) in [6, 6.07) is 2.87. The lowest BCUT2D eigenvalue weighted by Gasteiger charge is -2.36. The average molecular weight is 474 g/mol. The fraction of sp³-hybridized carbons (Fsp3) is 0.588. The highest BCUT2D eigenvalue weighted by Crippen LogP contribution is 2.39. The van der Waals surface area contributed by atoms with Gasteiger partial charge in [0.05, 0.1) is 22.8 Å². The number of rotatable bonds is 9. The number of piperazine rings is 1. The van der Waals surface area contributed by atoms with Crippen molar-refractivity contribution >= 4 is 25.5 Å². The minimum absolute atomic E-state index is 0.0180. The van der Waals surface area contributed by atoms with E-state index in [1.807, 2.05) is 11.8 Å². The van der Waals surface area contributed by atoms with E-state index in [1.165, 1.54) is 6.07 Å². The third-order valence-corrected chi connectivity index (χ3v) is 8.14. The largest absolute Gasteiger partial charge is 0.395 e. The number of hydrogen-bond acceptors (Lipinski definition) is 10. The van der Waals surface area contributed by atoms with Gasteiger partial charge in [-0.15, -0.1) is 10.2 Å². The summed E-state index contributed by atoms with van der Waals surface area (Å²) in [6.07, 6.45) is 1.02. The van der Waals surface area contributed by atoms with Gasteiger partial charge >= 0.3 is 0 Å². The first-order valence-corrected chi connectivity index (χ1v) is 13.1. The molecule has 4 N–H and O–H groups in total. The smallest absolute Gasteiger partial charge is 0.240 e. The molecule has 0 amide bonds. The minimum Gasteiger partial charge on any atom is -0.395 e. The third kappa shape index (κ3) is 5.20. The van der Waals surface area contributed by atoms with Gasteiger partial charge in [-0.2, -0.15) is 5.21 Å². The fourth-order valence-corrected chi connectivity index (χ4v) is 6.73. The Morgan fingerprint density at radius 3 is 2.42 bits per heavy atom. The Bertz CT molecular complexity index is 1100. The standard InChI is InChI=1S/C17H27N7O5S2/c1-2-3-12-30(26,27)14-5-4-13(24-8-6-23(7-9-24)10-11-25)15(16(14)31(18,28)29)17-19-21-22-20-17/h4-5,25H,2-3,6-12H2,1H3,(H2,18,28,29)(H,19,20,21,22). The number of sulfone groups is 1. The molecule has 1 saturated heterocycles. The molecule has 31 heavy (non-hydrogen) atoms. The Kier molecular flexibility index (Phi) is 7.26. The molecule has 12 nitrogen and oxygen atoms in total. The van der Waals surface area contributed by atoms with E-state index in [-0.39, 0.29) is 28.6 Å². The van der Waals surface area contributed by atoms with Crippen LogP contribution in [-0.2, 0) is 19.9 Å². The predicted octanol–water partition coefficient (Wildman–Crippen LogP) is -0.798. The number of nitrogens with one attached hydrogen (secondary N) is 1. The zero-order valence-corrected chi connectivity index (χ0v) is 18.9. The quantitative estimate of drug-likeness (QED) is 0.418. The van der Waals surface area contributed by atoms with Crippen molar-refractivity contribution in [1.82, 2.24) is 25.5 Å². The van der Waals surface area contributed by atoms with Crippen LogP contribution >= 0.6 is 0 Å². The van der Waals surface area contributed by atoms with E-state index in [2.05, 4.69) is 25.5 Å². The number of aliphatic hydroxyl groups excluding tert-OH is 1.